The van der Waals surface area contributed by atoms with Gasteiger partial charge in [0.05, 0.1) is 25.2 Å². The lowest BCUT2D eigenvalue weighted by molar-refractivity contribution is 0.0969. The first-order chi connectivity index (χ1) is 15.4. The normalized spacial score (nSPS) is 15.3. The summed E-state index contributed by atoms with van der Waals surface area (Å²) in [5, 5.41) is 4.38. The van der Waals surface area contributed by atoms with Crippen LogP contribution in [0.15, 0.2) is 60.7 Å². The quantitative estimate of drug-likeness (QED) is 0.406. The van der Waals surface area contributed by atoms with Crippen LogP contribution in [0.3, 0.4) is 0 Å². The summed E-state index contributed by atoms with van der Waals surface area (Å²) in [5.74, 6) is 1.28. The maximum Gasteiger partial charge on any atom is 0.296 e. The first-order valence-corrected chi connectivity index (χ1v) is 10.5. The van der Waals surface area contributed by atoms with E-state index in [0.29, 0.717) is 33.8 Å². The SMILES string of the molecule is COc1ccc(OC)c(C2c3c(oc4ccc(Br)cc4c3=O)C(=O)N2c2cc(C)on2)c1. The molecule has 0 bridgehead atoms. The Morgan fingerprint density at radius 2 is 1.88 bits per heavy atom. The molecule has 3 heterocycles. The van der Waals surface area contributed by atoms with Crippen molar-refractivity contribution in [1.82, 2.24) is 5.16 Å². The molecule has 0 aliphatic carbocycles. The van der Waals surface area contributed by atoms with Crippen molar-refractivity contribution in [2.24, 2.45) is 0 Å². The van der Waals surface area contributed by atoms with Crippen molar-refractivity contribution >= 4 is 38.6 Å². The highest BCUT2D eigenvalue weighted by Crippen LogP contribution is 2.44. The maximum absolute atomic E-state index is 13.7. The number of amides is 1. The molecule has 9 heteroatoms. The number of anilines is 1. The van der Waals surface area contributed by atoms with E-state index in [1.165, 1.54) is 19.1 Å². The zero-order valence-electron chi connectivity index (χ0n) is 17.3. The molecule has 4 aromatic rings. The minimum atomic E-state index is -0.855. The number of carbonyl (C=O) groups excluding carboxylic acids is 1. The third-order valence-corrected chi connectivity index (χ3v) is 5.92. The van der Waals surface area contributed by atoms with Crippen molar-refractivity contribution in [1.29, 1.82) is 0 Å². The number of aryl methyl sites for hydroxylation is 1. The van der Waals surface area contributed by atoms with Gasteiger partial charge in [-0.05, 0) is 43.3 Å². The minimum Gasteiger partial charge on any atom is -0.497 e. The molecule has 2 aromatic carbocycles. The van der Waals surface area contributed by atoms with Crippen LogP contribution in [-0.2, 0) is 0 Å². The third-order valence-electron chi connectivity index (χ3n) is 5.43. The summed E-state index contributed by atoms with van der Waals surface area (Å²) >= 11 is 3.40. The number of aromatic nitrogens is 1. The average Bonchev–Trinajstić information content (AvgIpc) is 3.34. The lowest BCUT2D eigenvalue weighted by Gasteiger charge is -2.24. The van der Waals surface area contributed by atoms with Gasteiger partial charge in [-0.25, -0.2) is 0 Å². The molecule has 0 saturated carbocycles. The van der Waals surface area contributed by atoms with E-state index < -0.39 is 11.9 Å². The molecular weight excluding hydrogens is 480 g/mol. The fraction of sp³-hybridized carbons (Fsp3) is 0.174. The van der Waals surface area contributed by atoms with Crippen molar-refractivity contribution in [3.63, 3.8) is 0 Å². The van der Waals surface area contributed by atoms with E-state index >= 15 is 0 Å². The minimum absolute atomic E-state index is 0.0413. The molecule has 0 saturated heterocycles. The Bertz CT molecular complexity index is 1440. The van der Waals surface area contributed by atoms with Gasteiger partial charge in [0.15, 0.2) is 11.2 Å². The fourth-order valence-electron chi connectivity index (χ4n) is 4.00. The summed E-state index contributed by atoms with van der Waals surface area (Å²) in [4.78, 5) is 28.6. The number of hydrogen-bond acceptors (Lipinski definition) is 7. The van der Waals surface area contributed by atoms with E-state index in [0.717, 1.165) is 4.47 Å². The van der Waals surface area contributed by atoms with Gasteiger partial charge in [-0.1, -0.05) is 21.1 Å². The molecule has 1 atom stereocenters. The zero-order chi connectivity index (χ0) is 22.6. The smallest absolute Gasteiger partial charge is 0.296 e. The summed E-state index contributed by atoms with van der Waals surface area (Å²) in [6.07, 6.45) is 0. The fourth-order valence-corrected chi connectivity index (χ4v) is 4.36. The average molecular weight is 497 g/mol. The highest BCUT2D eigenvalue weighted by Gasteiger charge is 2.46. The van der Waals surface area contributed by atoms with Gasteiger partial charge >= 0.3 is 0 Å². The predicted molar refractivity (Wildman–Crippen MR) is 120 cm³/mol. The molecule has 5 rings (SSSR count). The largest absolute Gasteiger partial charge is 0.497 e. The van der Waals surface area contributed by atoms with Crippen LogP contribution in [0.25, 0.3) is 11.0 Å². The Morgan fingerprint density at radius 3 is 2.56 bits per heavy atom. The first-order valence-electron chi connectivity index (χ1n) is 9.68. The maximum atomic E-state index is 13.7. The van der Waals surface area contributed by atoms with Gasteiger partial charge in [-0.3, -0.25) is 14.5 Å². The van der Waals surface area contributed by atoms with Gasteiger partial charge in [0.25, 0.3) is 5.91 Å². The molecule has 0 spiro atoms. The standard InChI is InChI=1S/C23H17BrN2O6/c1-11-8-18(25-32-11)26-20(14-10-13(29-2)5-7-16(14)30-3)19-21(27)15-9-12(24)4-6-17(15)31-22(19)23(26)28/h4-10,20H,1-3H3. The number of fused-ring (bicyclic) bond motifs is 2. The van der Waals surface area contributed by atoms with Crippen LogP contribution in [0.4, 0.5) is 5.82 Å². The second-order valence-electron chi connectivity index (χ2n) is 7.30. The number of ether oxygens (including phenoxy) is 2. The van der Waals surface area contributed by atoms with E-state index in [-0.39, 0.29) is 22.6 Å². The molecule has 8 nitrogen and oxygen atoms in total. The van der Waals surface area contributed by atoms with Crippen molar-refractivity contribution in [3.05, 3.63) is 79.8 Å². The molecule has 0 N–H and O–H groups in total. The molecule has 2 aromatic heterocycles. The van der Waals surface area contributed by atoms with Gasteiger partial charge in [0, 0.05) is 16.1 Å². The van der Waals surface area contributed by atoms with Crippen molar-refractivity contribution < 1.29 is 23.2 Å². The number of halogens is 1. The van der Waals surface area contributed by atoms with E-state index in [1.807, 2.05) is 0 Å². The van der Waals surface area contributed by atoms with E-state index in [2.05, 4.69) is 21.1 Å². The molecule has 32 heavy (non-hydrogen) atoms. The molecular formula is C23H17BrN2O6. The van der Waals surface area contributed by atoms with Gasteiger partial charge in [-0.2, -0.15) is 0 Å². The Balaban J connectivity index is 1.86. The number of methoxy groups -OCH3 is 2. The van der Waals surface area contributed by atoms with Crippen LogP contribution in [-0.4, -0.2) is 25.3 Å². The summed E-state index contributed by atoms with van der Waals surface area (Å²) in [6, 6.07) is 11.0. The van der Waals surface area contributed by atoms with Crippen LogP contribution in [0.2, 0.25) is 0 Å². The van der Waals surface area contributed by atoms with Crippen molar-refractivity contribution in [2.45, 2.75) is 13.0 Å². The molecule has 0 radical (unpaired) electrons. The molecule has 1 unspecified atom stereocenters. The molecule has 0 fully saturated rings. The lowest BCUT2D eigenvalue weighted by atomic mass is 9.97. The number of benzene rings is 2. The molecule has 1 amide bonds. The van der Waals surface area contributed by atoms with E-state index in [4.69, 9.17) is 18.4 Å². The first kappa shape index (κ1) is 20.3. The van der Waals surface area contributed by atoms with Crippen molar-refractivity contribution in [3.8, 4) is 11.5 Å². The van der Waals surface area contributed by atoms with E-state index in [9.17, 15) is 9.59 Å². The van der Waals surface area contributed by atoms with Crippen molar-refractivity contribution in [2.75, 3.05) is 19.1 Å². The van der Waals surface area contributed by atoms with Crippen LogP contribution in [0.5, 0.6) is 11.5 Å². The molecule has 1 aliphatic rings. The molecule has 162 valence electrons. The number of rotatable bonds is 4. The number of nitrogens with zero attached hydrogens (tertiary/aromatic N) is 2. The summed E-state index contributed by atoms with van der Waals surface area (Å²) in [6.45, 7) is 1.72. The topological polar surface area (TPSA) is 95.0 Å². The van der Waals surface area contributed by atoms with Crippen LogP contribution < -0.4 is 19.8 Å². The summed E-state index contributed by atoms with van der Waals surface area (Å²) in [7, 11) is 3.06. The highest BCUT2D eigenvalue weighted by atomic mass is 79.9. The predicted octanol–water partition coefficient (Wildman–Crippen LogP) is 4.62. The zero-order valence-corrected chi connectivity index (χ0v) is 18.9. The Morgan fingerprint density at radius 1 is 1.06 bits per heavy atom. The lowest BCUT2D eigenvalue weighted by Crippen LogP contribution is -2.30. The van der Waals surface area contributed by atoms with Crippen LogP contribution >= 0.6 is 15.9 Å². The Hall–Kier alpha value is -3.59. The van der Waals surface area contributed by atoms with Gasteiger partial charge in [-0.15, -0.1) is 0 Å². The Labute approximate surface area is 190 Å². The summed E-state index contributed by atoms with van der Waals surface area (Å²) in [5.41, 5.74) is 0.766. The Kier molecular flexibility index (Phi) is 4.78. The summed E-state index contributed by atoms with van der Waals surface area (Å²) < 4.78 is 22.8. The van der Waals surface area contributed by atoms with Crippen LogP contribution in [0.1, 0.15) is 33.5 Å². The second-order valence-corrected chi connectivity index (χ2v) is 8.21. The second kappa shape index (κ2) is 7.52. The van der Waals surface area contributed by atoms with E-state index in [1.54, 1.807) is 49.4 Å². The monoisotopic (exact) mass is 496 g/mol. The van der Waals surface area contributed by atoms with Gasteiger partial charge in [0.1, 0.15) is 28.9 Å². The van der Waals surface area contributed by atoms with Gasteiger partial charge < -0.3 is 18.4 Å². The van der Waals surface area contributed by atoms with Crippen LogP contribution in [0, 0.1) is 6.92 Å². The number of hydrogen-bond donors (Lipinski definition) is 0. The number of carbonyl (C=O) groups is 1. The highest BCUT2D eigenvalue weighted by molar-refractivity contribution is 9.10. The molecule has 1 aliphatic heterocycles. The van der Waals surface area contributed by atoms with Gasteiger partial charge in [0.2, 0.25) is 5.76 Å². The third kappa shape index (κ3) is 3.00.